The highest BCUT2D eigenvalue weighted by Gasteiger charge is 2.27. The van der Waals surface area contributed by atoms with Crippen LogP contribution in [0.1, 0.15) is 25.2 Å². The molecule has 1 aliphatic heterocycles. The Bertz CT molecular complexity index is 704. The van der Waals surface area contributed by atoms with Crippen LogP contribution in [0.25, 0.3) is 11.0 Å². The molecule has 8 heteroatoms. The Morgan fingerprint density at radius 3 is 2.68 bits per heavy atom. The molecular weight excluding hydrogens is 298 g/mol. The molecule has 22 heavy (non-hydrogen) atoms. The van der Waals surface area contributed by atoms with Gasteiger partial charge in [0.05, 0.1) is 23.6 Å². The van der Waals surface area contributed by atoms with E-state index in [2.05, 4.69) is 10.5 Å². The van der Waals surface area contributed by atoms with Gasteiger partial charge in [-0.2, -0.15) is 4.39 Å². The first-order chi connectivity index (χ1) is 10.7. The van der Waals surface area contributed by atoms with Crippen molar-refractivity contribution < 1.29 is 27.9 Å². The first-order valence-electron chi connectivity index (χ1n) is 6.76. The van der Waals surface area contributed by atoms with Crippen molar-refractivity contribution in [2.75, 3.05) is 11.9 Å². The van der Waals surface area contributed by atoms with E-state index in [1.165, 1.54) is 18.6 Å². The van der Waals surface area contributed by atoms with Crippen LogP contribution in [0.4, 0.5) is 14.6 Å². The molecule has 0 saturated heterocycles. The van der Waals surface area contributed by atoms with Crippen LogP contribution < -0.4 is 5.32 Å². The number of anilines is 1. The third kappa shape index (κ3) is 2.35. The van der Waals surface area contributed by atoms with Gasteiger partial charge in [-0.1, -0.05) is 12.1 Å². The van der Waals surface area contributed by atoms with Gasteiger partial charge in [0.2, 0.25) is 11.4 Å². The molecule has 3 rings (SSSR count). The van der Waals surface area contributed by atoms with E-state index in [1.54, 1.807) is 0 Å². The molecule has 0 amide bonds. The van der Waals surface area contributed by atoms with Gasteiger partial charge in [-0.3, -0.25) is 0 Å². The predicted molar refractivity (Wildman–Crippen MR) is 72.8 cm³/mol. The van der Waals surface area contributed by atoms with E-state index in [4.69, 9.17) is 14.0 Å². The predicted octanol–water partition coefficient (Wildman–Crippen LogP) is 2.81. The number of benzene rings is 1. The first-order valence-corrected chi connectivity index (χ1v) is 6.76. The molecule has 0 radical (unpaired) electrons. The van der Waals surface area contributed by atoms with Crippen LogP contribution in [0.15, 0.2) is 23.1 Å². The van der Waals surface area contributed by atoms with Crippen molar-refractivity contribution in [1.82, 2.24) is 5.16 Å². The maximum atomic E-state index is 14.1. The fourth-order valence-electron chi connectivity index (χ4n) is 2.17. The monoisotopic (exact) mass is 312 g/mol. The normalized spacial score (nSPS) is 15.8. The summed E-state index contributed by atoms with van der Waals surface area (Å²) in [5.74, 6) is -2.05. The SMILES string of the molecule is CC[C@H](CO)Nc1noc2c(F)c(F)c(C3OC=CO3)cc12. The Balaban J connectivity index is 2.05. The van der Waals surface area contributed by atoms with Gasteiger partial charge in [0.1, 0.15) is 12.5 Å². The first kappa shape index (κ1) is 14.6. The number of hydrogen-bond acceptors (Lipinski definition) is 6. The summed E-state index contributed by atoms with van der Waals surface area (Å²) in [6, 6.07) is 1.08. The van der Waals surface area contributed by atoms with Crippen molar-refractivity contribution in [2.24, 2.45) is 0 Å². The number of halogens is 2. The molecule has 118 valence electrons. The van der Waals surface area contributed by atoms with Crippen LogP contribution in [0, 0.1) is 11.6 Å². The number of aliphatic hydroxyl groups excluding tert-OH is 1. The van der Waals surface area contributed by atoms with E-state index in [0.29, 0.717) is 6.42 Å². The number of rotatable bonds is 5. The molecule has 2 N–H and O–H groups in total. The van der Waals surface area contributed by atoms with Gasteiger partial charge in [0.15, 0.2) is 11.6 Å². The van der Waals surface area contributed by atoms with Gasteiger partial charge in [0.25, 0.3) is 6.29 Å². The van der Waals surface area contributed by atoms with E-state index in [-0.39, 0.29) is 35.0 Å². The highest BCUT2D eigenvalue weighted by atomic mass is 19.2. The van der Waals surface area contributed by atoms with Gasteiger partial charge in [-0.25, -0.2) is 4.39 Å². The summed E-state index contributed by atoms with van der Waals surface area (Å²) in [6.45, 7) is 1.74. The third-order valence-electron chi connectivity index (χ3n) is 3.44. The van der Waals surface area contributed by atoms with E-state index in [9.17, 15) is 13.9 Å². The zero-order valence-electron chi connectivity index (χ0n) is 11.7. The Hall–Kier alpha value is -2.35. The van der Waals surface area contributed by atoms with Crippen LogP contribution in [-0.4, -0.2) is 22.9 Å². The number of fused-ring (bicyclic) bond motifs is 1. The largest absolute Gasteiger partial charge is 0.455 e. The number of ether oxygens (including phenoxy) is 2. The lowest BCUT2D eigenvalue weighted by molar-refractivity contribution is -0.0274. The molecule has 2 heterocycles. The van der Waals surface area contributed by atoms with E-state index in [0.717, 1.165) is 0 Å². The molecular formula is C14H14F2N2O4. The Labute approximate surface area is 124 Å². The van der Waals surface area contributed by atoms with Crippen molar-refractivity contribution in [3.05, 3.63) is 35.8 Å². The van der Waals surface area contributed by atoms with Crippen LogP contribution in [-0.2, 0) is 9.47 Å². The van der Waals surface area contributed by atoms with E-state index in [1.807, 2.05) is 6.92 Å². The second-order valence-electron chi connectivity index (χ2n) is 4.81. The molecule has 0 saturated carbocycles. The quantitative estimate of drug-likeness (QED) is 0.884. The zero-order chi connectivity index (χ0) is 15.7. The minimum Gasteiger partial charge on any atom is -0.455 e. The summed E-state index contributed by atoms with van der Waals surface area (Å²) in [4.78, 5) is 0. The Morgan fingerprint density at radius 2 is 2.05 bits per heavy atom. The number of aromatic nitrogens is 1. The molecule has 0 spiro atoms. The summed E-state index contributed by atoms with van der Waals surface area (Å²) in [5, 5.41) is 16.1. The van der Waals surface area contributed by atoms with Crippen LogP contribution in [0.2, 0.25) is 0 Å². The molecule has 0 aliphatic carbocycles. The molecule has 6 nitrogen and oxygen atoms in total. The summed E-state index contributed by atoms with van der Waals surface area (Å²) >= 11 is 0. The number of nitrogens with zero attached hydrogens (tertiary/aromatic N) is 1. The van der Waals surface area contributed by atoms with Crippen LogP contribution >= 0.6 is 0 Å². The summed E-state index contributed by atoms with van der Waals surface area (Å²) in [5.41, 5.74) is -0.402. The maximum Gasteiger partial charge on any atom is 0.269 e. The van der Waals surface area contributed by atoms with Crippen molar-refractivity contribution in [3.8, 4) is 0 Å². The molecule has 1 aliphatic rings. The average molecular weight is 312 g/mol. The lowest BCUT2D eigenvalue weighted by Crippen LogP contribution is -2.22. The number of aliphatic hydroxyl groups is 1. The molecule has 0 unspecified atom stereocenters. The fraction of sp³-hybridized carbons (Fsp3) is 0.357. The number of nitrogens with one attached hydrogen (secondary N) is 1. The van der Waals surface area contributed by atoms with E-state index >= 15 is 0 Å². The number of hydrogen-bond donors (Lipinski definition) is 2. The standard InChI is InChI=1S/C14H14F2N2O4/c1-2-7(6-19)17-13-9-5-8(14-20-3-4-21-14)10(15)11(16)12(9)22-18-13/h3-5,7,14,19H,2,6H2,1H3,(H,17,18)/t7-/m1/s1. The molecule has 1 aromatic heterocycles. The maximum absolute atomic E-state index is 14.1. The van der Waals surface area contributed by atoms with E-state index < -0.39 is 17.9 Å². The van der Waals surface area contributed by atoms with Gasteiger partial charge >= 0.3 is 0 Å². The van der Waals surface area contributed by atoms with Gasteiger partial charge in [0, 0.05) is 0 Å². The van der Waals surface area contributed by atoms with Gasteiger partial charge in [-0.15, -0.1) is 0 Å². The Morgan fingerprint density at radius 1 is 1.32 bits per heavy atom. The van der Waals surface area contributed by atoms with Gasteiger partial charge in [-0.05, 0) is 12.5 Å². The van der Waals surface area contributed by atoms with Crippen molar-refractivity contribution >= 4 is 16.8 Å². The smallest absolute Gasteiger partial charge is 0.269 e. The van der Waals surface area contributed by atoms with Crippen molar-refractivity contribution in [2.45, 2.75) is 25.7 Å². The van der Waals surface area contributed by atoms with Crippen LogP contribution in [0.3, 0.4) is 0 Å². The molecule has 2 aromatic rings. The highest BCUT2D eigenvalue weighted by molar-refractivity contribution is 5.89. The summed E-state index contributed by atoms with van der Waals surface area (Å²) in [7, 11) is 0. The molecule has 0 fully saturated rings. The highest BCUT2D eigenvalue weighted by Crippen LogP contribution is 2.35. The zero-order valence-corrected chi connectivity index (χ0v) is 11.7. The summed E-state index contributed by atoms with van der Waals surface area (Å²) in [6.07, 6.45) is 2.07. The van der Waals surface area contributed by atoms with Crippen molar-refractivity contribution in [1.29, 1.82) is 0 Å². The van der Waals surface area contributed by atoms with Crippen LogP contribution in [0.5, 0.6) is 0 Å². The topological polar surface area (TPSA) is 76.8 Å². The van der Waals surface area contributed by atoms with Crippen molar-refractivity contribution in [3.63, 3.8) is 0 Å². The average Bonchev–Trinajstić information content (AvgIpc) is 3.18. The Kier molecular flexibility index (Phi) is 3.84. The van der Waals surface area contributed by atoms with Gasteiger partial charge < -0.3 is 24.4 Å². The molecule has 0 bridgehead atoms. The minimum atomic E-state index is -1.16. The molecule has 1 aromatic carbocycles. The minimum absolute atomic E-state index is 0.0988. The molecule has 1 atom stereocenters. The third-order valence-corrected chi connectivity index (χ3v) is 3.44. The second kappa shape index (κ2) is 5.80. The fourth-order valence-corrected chi connectivity index (χ4v) is 2.17. The lowest BCUT2D eigenvalue weighted by atomic mass is 10.1. The lowest BCUT2D eigenvalue weighted by Gasteiger charge is -2.14. The second-order valence-corrected chi connectivity index (χ2v) is 4.81. The summed E-state index contributed by atoms with van der Waals surface area (Å²) < 4.78 is 43.1.